The molecule has 3 heterocycles. The Balaban J connectivity index is 1.72. The molecule has 22 heavy (non-hydrogen) atoms. The summed E-state index contributed by atoms with van der Waals surface area (Å²) in [5, 5.41) is 0. The van der Waals surface area contributed by atoms with E-state index < -0.39 is 0 Å². The number of aromatic nitrogens is 2. The summed E-state index contributed by atoms with van der Waals surface area (Å²) in [6.07, 6.45) is 0. The Labute approximate surface area is 126 Å². The highest BCUT2D eigenvalue weighted by atomic mass is 19.1. The molecule has 0 bridgehead atoms. The van der Waals surface area contributed by atoms with Crippen LogP contribution in [0.1, 0.15) is 11.3 Å². The summed E-state index contributed by atoms with van der Waals surface area (Å²) < 4.78 is 20.2. The quantitative estimate of drug-likeness (QED) is 0.680. The monoisotopic (exact) mass is 297 g/mol. The van der Waals surface area contributed by atoms with Gasteiger partial charge in [-0.25, -0.2) is 9.18 Å². The molecule has 0 aliphatic carbocycles. The summed E-state index contributed by atoms with van der Waals surface area (Å²) in [4.78, 5) is 18.1. The van der Waals surface area contributed by atoms with Crippen LogP contribution in [0, 0.1) is 17.7 Å². The molecule has 2 aromatic rings. The number of anilines is 1. The summed E-state index contributed by atoms with van der Waals surface area (Å²) in [7, 11) is 0. The standard InChI is InChI=1S/C16H12FN3O2/c17-12-3-1-2-11(6-12)4-5-13-7-15-19(16(21)18-13)8-14-9-22-10-20(14)15/h1-3,6-7,14H,8-10H2/t14-/m1/s1. The molecule has 0 unspecified atom stereocenters. The number of ether oxygens (including phenoxy) is 1. The maximum absolute atomic E-state index is 13.1. The summed E-state index contributed by atoms with van der Waals surface area (Å²) in [5.74, 6) is 6.10. The molecule has 2 aliphatic rings. The maximum Gasteiger partial charge on any atom is 0.350 e. The molecule has 0 spiro atoms. The van der Waals surface area contributed by atoms with Crippen molar-refractivity contribution in [2.24, 2.45) is 0 Å². The molecule has 0 radical (unpaired) electrons. The average Bonchev–Trinajstić information content (AvgIpc) is 3.07. The Bertz CT molecular complexity index is 866. The lowest BCUT2D eigenvalue weighted by Gasteiger charge is -2.14. The fourth-order valence-corrected chi connectivity index (χ4v) is 2.77. The third-order valence-electron chi connectivity index (χ3n) is 3.82. The van der Waals surface area contributed by atoms with Gasteiger partial charge in [-0.15, -0.1) is 0 Å². The van der Waals surface area contributed by atoms with Gasteiger partial charge in [0.1, 0.15) is 24.1 Å². The summed E-state index contributed by atoms with van der Waals surface area (Å²) in [6.45, 7) is 1.69. The number of nitrogens with zero attached hydrogens (tertiary/aromatic N) is 3. The van der Waals surface area contributed by atoms with Crippen LogP contribution in [-0.2, 0) is 11.3 Å². The van der Waals surface area contributed by atoms with Crippen molar-refractivity contribution in [1.82, 2.24) is 9.55 Å². The Morgan fingerprint density at radius 2 is 2.23 bits per heavy atom. The van der Waals surface area contributed by atoms with E-state index in [2.05, 4.69) is 16.8 Å². The van der Waals surface area contributed by atoms with E-state index in [0.717, 1.165) is 5.82 Å². The van der Waals surface area contributed by atoms with Crippen molar-refractivity contribution in [3.8, 4) is 11.8 Å². The zero-order valence-corrected chi connectivity index (χ0v) is 11.6. The van der Waals surface area contributed by atoms with Crippen LogP contribution in [-0.4, -0.2) is 28.9 Å². The zero-order valence-electron chi connectivity index (χ0n) is 11.6. The van der Waals surface area contributed by atoms with Crippen molar-refractivity contribution in [3.05, 3.63) is 57.9 Å². The van der Waals surface area contributed by atoms with Crippen molar-refractivity contribution in [3.63, 3.8) is 0 Å². The maximum atomic E-state index is 13.1. The fourth-order valence-electron chi connectivity index (χ4n) is 2.77. The third kappa shape index (κ3) is 2.16. The lowest BCUT2D eigenvalue weighted by molar-refractivity contribution is 0.189. The molecule has 1 aromatic heterocycles. The molecule has 4 rings (SSSR count). The third-order valence-corrected chi connectivity index (χ3v) is 3.82. The van der Waals surface area contributed by atoms with Gasteiger partial charge in [0, 0.05) is 11.6 Å². The van der Waals surface area contributed by atoms with Crippen LogP contribution in [0.25, 0.3) is 0 Å². The molecule has 0 N–H and O–H groups in total. The minimum Gasteiger partial charge on any atom is -0.359 e. The zero-order chi connectivity index (χ0) is 15.1. The number of benzene rings is 1. The first-order valence-electron chi connectivity index (χ1n) is 6.94. The molecular weight excluding hydrogens is 285 g/mol. The highest BCUT2D eigenvalue weighted by molar-refractivity contribution is 5.50. The van der Waals surface area contributed by atoms with Gasteiger partial charge in [0.2, 0.25) is 0 Å². The van der Waals surface area contributed by atoms with E-state index in [0.29, 0.717) is 31.1 Å². The Hall–Kier alpha value is -2.65. The fraction of sp³-hybridized carbons (Fsp3) is 0.250. The number of hydrogen-bond acceptors (Lipinski definition) is 4. The average molecular weight is 297 g/mol. The number of hydrogen-bond donors (Lipinski definition) is 0. The molecule has 110 valence electrons. The van der Waals surface area contributed by atoms with Gasteiger partial charge < -0.3 is 9.64 Å². The highest BCUT2D eigenvalue weighted by Gasteiger charge is 2.34. The van der Waals surface area contributed by atoms with Crippen LogP contribution >= 0.6 is 0 Å². The Morgan fingerprint density at radius 3 is 3.09 bits per heavy atom. The van der Waals surface area contributed by atoms with Crippen LogP contribution in [0.2, 0.25) is 0 Å². The van der Waals surface area contributed by atoms with Crippen LogP contribution in [0.3, 0.4) is 0 Å². The normalized spacial score (nSPS) is 18.6. The molecule has 5 nitrogen and oxygen atoms in total. The molecule has 1 atom stereocenters. The van der Waals surface area contributed by atoms with Gasteiger partial charge in [-0.1, -0.05) is 12.0 Å². The van der Waals surface area contributed by atoms with E-state index >= 15 is 0 Å². The predicted molar refractivity (Wildman–Crippen MR) is 78.0 cm³/mol. The summed E-state index contributed by atoms with van der Waals surface area (Å²) >= 11 is 0. The minimum atomic E-state index is -0.342. The van der Waals surface area contributed by atoms with E-state index in [9.17, 15) is 9.18 Å². The molecule has 0 saturated carbocycles. The molecule has 0 amide bonds. The van der Waals surface area contributed by atoms with Gasteiger partial charge in [-0.05, 0) is 24.1 Å². The molecule has 1 saturated heterocycles. The van der Waals surface area contributed by atoms with Crippen molar-refractivity contribution in [1.29, 1.82) is 0 Å². The molecule has 2 aliphatic heterocycles. The smallest absolute Gasteiger partial charge is 0.350 e. The second-order valence-electron chi connectivity index (χ2n) is 5.28. The van der Waals surface area contributed by atoms with Crippen molar-refractivity contribution in [2.45, 2.75) is 12.6 Å². The predicted octanol–water partition coefficient (Wildman–Crippen LogP) is 0.959. The van der Waals surface area contributed by atoms with Crippen LogP contribution in [0.15, 0.2) is 35.1 Å². The minimum absolute atomic E-state index is 0.195. The van der Waals surface area contributed by atoms with Gasteiger partial charge >= 0.3 is 5.69 Å². The van der Waals surface area contributed by atoms with E-state index in [1.54, 1.807) is 22.8 Å². The second kappa shape index (κ2) is 4.97. The first-order chi connectivity index (χ1) is 10.7. The van der Waals surface area contributed by atoms with E-state index in [1.165, 1.54) is 12.1 Å². The molecule has 1 fully saturated rings. The van der Waals surface area contributed by atoms with Gasteiger partial charge in [0.05, 0.1) is 19.2 Å². The Morgan fingerprint density at radius 1 is 1.32 bits per heavy atom. The van der Waals surface area contributed by atoms with Crippen LogP contribution < -0.4 is 10.6 Å². The lowest BCUT2D eigenvalue weighted by Crippen LogP contribution is -2.26. The van der Waals surface area contributed by atoms with E-state index in [-0.39, 0.29) is 17.5 Å². The molecule has 6 heteroatoms. The van der Waals surface area contributed by atoms with Crippen molar-refractivity contribution >= 4 is 5.82 Å². The number of halogens is 1. The van der Waals surface area contributed by atoms with Crippen molar-refractivity contribution in [2.75, 3.05) is 18.2 Å². The van der Waals surface area contributed by atoms with Gasteiger partial charge in [-0.2, -0.15) is 4.98 Å². The molecule has 1 aromatic carbocycles. The van der Waals surface area contributed by atoms with Crippen molar-refractivity contribution < 1.29 is 9.13 Å². The van der Waals surface area contributed by atoms with Gasteiger partial charge in [0.25, 0.3) is 0 Å². The highest BCUT2D eigenvalue weighted by Crippen LogP contribution is 2.27. The second-order valence-corrected chi connectivity index (χ2v) is 5.28. The topological polar surface area (TPSA) is 47.4 Å². The first kappa shape index (κ1) is 13.0. The van der Waals surface area contributed by atoms with Gasteiger partial charge in [0.15, 0.2) is 0 Å². The summed E-state index contributed by atoms with van der Waals surface area (Å²) in [5.41, 5.74) is 0.619. The number of rotatable bonds is 0. The summed E-state index contributed by atoms with van der Waals surface area (Å²) in [6, 6.07) is 7.98. The largest absolute Gasteiger partial charge is 0.359 e. The lowest BCUT2D eigenvalue weighted by atomic mass is 10.2. The van der Waals surface area contributed by atoms with E-state index in [1.807, 2.05) is 4.90 Å². The molecular formula is C16H12FN3O2. The number of fused-ring (bicyclic) bond motifs is 3. The first-order valence-corrected chi connectivity index (χ1v) is 6.94. The SMILES string of the molecule is O=c1nc(C#Cc2cccc(F)c2)cc2n1C[C@@H]1COCN21. The Kier molecular flexibility index (Phi) is 2.94. The van der Waals surface area contributed by atoms with Crippen LogP contribution in [0.4, 0.5) is 10.2 Å². The van der Waals surface area contributed by atoms with Gasteiger partial charge in [-0.3, -0.25) is 4.57 Å². The van der Waals surface area contributed by atoms with E-state index in [4.69, 9.17) is 4.74 Å². The van der Waals surface area contributed by atoms with Crippen LogP contribution in [0.5, 0.6) is 0 Å².